The van der Waals surface area contributed by atoms with Crippen molar-refractivity contribution in [3.8, 4) is 17.3 Å². The van der Waals surface area contributed by atoms with Gasteiger partial charge >= 0.3 is 0 Å². The van der Waals surface area contributed by atoms with Gasteiger partial charge in [0.2, 0.25) is 0 Å². The van der Waals surface area contributed by atoms with Gasteiger partial charge in [-0.3, -0.25) is 9.48 Å². The first-order chi connectivity index (χ1) is 20.8. The van der Waals surface area contributed by atoms with Crippen molar-refractivity contribution in [3.63, 3.8) is 0 Å². The van der Waals surface area contributed by atoms with Crippen molar-refractivity contribution in [2.45, 2.75) is 39.2 Å². The molecule has 2 aliphatic rings. The molecule has 0 bridgehead atoms. The molecule has 1 atom stereocenters. The topological polar surface area (TPSA) is 108 Å². The molecule has 1 aliphatic heterocycles. The van der Waals surface area contributed by atoms with Crippen LogP contribution in [0.4, 0.5) is 11.4 Å². The van der Waals surface area contributed by atoms with E-state index in [1.807, 2.05) is 48.9 Å². The number of fused-ring (bicyclic) bond motifs is 2. The number of aryl methyl sites for hydroxylation is 3. The van der Waals surface area contributed by atoms with Crippen molar-refractivity contribution in [3.05, 3.63) is 53.9 Å². The Morgan fingerprint density at radius 3 is 2.65 bits per heavy atom. The van der Waals surface area contributed by atoms with E-state index >= 15 is 0 Å². The Morgan fingerprint density at radius 1 is 1.09 bits per heavy atom. The van der Waals surface area contributed by atoms with E-state index in [9.17, 15) is 4.79 Å². The highest BCUT2D eigenvalue weighted by Gasteiger charge is 2.29. The number of imidazole rings is 1. The maximum Gasteiger partial charge on any atom is 0.254 e. The van der Waals surface area contributed by atoms with E-state index in [1.54, 1.807) is 7.11 Å². The molecule has 1 saturated heterocycles. The van der Waals surface area contributed by atoms with E-state index in [0.29, 0.717) is 36.2 Å². The van der Waals surface area contributed by atoms with Gasteiger partial charge in [0.15, 0.2) is 5.82 Å². The molecule has 10 nitrogen and oxygen atoms in total. The van der Waals surface area contributed by atoms with Gasteiger partial charge in [-0.05, 0) is 75.3 Å². The Hall–Kier alpha value is -4.31. The molecule has 1 saturated carbocycles. The third-order valence-corrected chi connectivity index (χ3v) is 9.11. The second-order valence-corrected chi connectivity index (χ2v) is 12.3. The Balaban J connectivity index is 1.34. The van der Waals surface area contributed by atoms with Crippen LogP contribution in [0.5, 0.6) is 5.75 Å². The number of likely N-dealkylation sites (tertiary alicyclic amines) is 1. The molecule has 4 heterocycles. The third-order valence-electron chi connectivity index (χ3n) is 9.11. The Morgan fingerprint density at radius 2 is 1.93 bits per heavy atom. The van der Waals surface area contributed by atoms with Crippen molar-refractivity contribution < 1.29 is 9.53 Å². The zero-order valence-corrected chi connectivity index (χ0v) is 25.4. The number of aromatic nitrogens is 5. The molecular formula is C33H40N8O2. The molecule has 2 aromatic carbocycles. The molecule has 0 spiro atoms. The van der Waals surface area contributed by atoms with Crippen molar-refractivity contribution in [1.29, 1.82) is 0 Å². The quantitative estimate of drug-likeness (QED) is 0.261. The maximum absolute atomic E-state index is 13.6. The number of nitrogens with zero attached hydrogens (tertiary/aromatic N) is 6. The number of para-hydroxylation sites is 1. The standard InChI is InChI=1S/C33H40N8O2/c1-20-27(19-38(2)37-20)35-25-9-5-8-23-14-28(41(30(23)25)18-21-10-11-21)32-36-26-13-24(15-29(43-4)31(26)39(32)3)33(42)40-12-6-7-22(16-34)17-40/h5,8-9,13-15,19,21-22,35H,6-7,10-12,16-18,34H2,1-4H3/t22-/m0/s1. The second kappa shape index (κ2) is 10.8. The van der Waals surface area contributed by atoms with Crippen LogP contribution in [0.3, 0.4) is 0 Å². The minimum absolute atomic E-state index is 0.00908. The summed E-state index contributed by atoms with van der Waals surface area (Å²) in [4.78, 5) is 20.7. The number of carbonyl (C=O) groups is 1. The lowest BCUT2D eigenvalue weighted by molar-refractivity contribution is 0.0678. The van der Waals surface area contributed by atoms with Gasteiger partial charge in [-0.15, -0.1) is 0 Å². The summed E-state index contributed by atoms with van der Waals surface area (Å²) >= 11 is 0. The van der Waals surface area contributed by atoms with E-state index < -0.39 is 0 Å². The molecule has 1 amide bonds. The number of methoxy groups -OCH3 is 1. The average molecular weight is 581 g/mol. The third kappa shape index (κ3) is 4.93. The van der Waals surface area contributed by atoms with Gasteiger partial charge in [-0.1, -0.05) is 12.1 Å². The van der Waals surface area contributed by atoms with Crippen molar-refractivity contribution in [2.75, 3.05) is 32.1 Å². The molecule has 7 rings (SSSR count). The van der Waals surface area contributed by atoms with Crippen molar-refractivity contribution in [2.24, 2.45) is 31.7 Å². The number of rotatable bonds is 8. The van der Waals surface area contributed by atoms with Crippen LogP contribution in [0.2, 0.25) is 0 Å². The fourth-order valence-electron chi connectivity index (χ4n) is 6.67. The summed E-state index contributed by atoms with van der Waals surface area (Å²) in [5.41, 5.74) is 13.4. The number of hydrogen-bond acceptors (Lipinski definition) is 6. The first kappa shape index (κ1) is 27.5. The normalized spacial score (nSPS) is 17.2. The van der Waals surface area contributed by atoms with Crippen LogP contribution in [0.1, 0.15) is 41.7 Å². The van der Waals surface area contributed by atoms with Gasteiger partial charge in [0.1, 0.15) is 11.3 Å². The van der Waals surface area contributed by atoms with Crippen LogP contribution >= 0.6 is 0 Å². The average Bonchev–Trinajstić information content (AvgIpc) is 3.56. The summed E-state index contributed by atoms with van der Waals surface area (Å²) < 4.78 is 12.2. The minimum atomic E-state index is 0.00908. The summed E-state index contributed by atoms with van der Waals surface area (Å²) in [6.07, 6.45) is 6.53. The molecule has 1 aliphatic carbocycles. The monoisotopic (exact) mass is 580 g/mol. The van der Waals surface area contributed by atoms with Gasteiger partial charge in [-0.25, -0.2) is 4.98 Å². The van der Waals surface area contributed by atoms with E-state index in [2.05, 4.69) is 43.8 Å². The Bertz CT molecular complexity index is 1840. The summed E-state index contributed by atoms with van der Waals surface area (Å²) in [6.45, 7) is 4.98. The van der Waals surface area contributed by atoms with Crippen LogP contribution in [-0.4, -0.2) is 61.4 Å². The van der Waals surface area contributed by atoms with Gasteiger partial charge in [0.05, 0.1) is 40.9 Å². The zero-order chi connectivity index (χ0) is 29.8. The molecule has 10 heteroatoms. The molecule has 2 fully saturated rings. The Labute approximate surface area is 251 Å². The predicted molar refractivity (Wildman–Crippen MR) is 170 cm³/mol. The van der Waals surface area contributed by atoms with Crippen LogP contribution in [0.15, 0.2) is 42.6 Å². The number of nitrogens with two attached hydrogens (primary N) is 1. The van der Waals surface area contributed by atoms with Gasteiger partial charge in [0, 0.05) is 50.9 Å². The maximum atomic E-state index is 13.6. The largest absolute Gasteiger partial charge is 0.494 e. The molecular weight excluding hydrogens is 540 g/mol. The summed E-state index contributed by atoms with van der Waals surface area (Å²) in [5, 5.41) is 9.32. The lowest BCUT2D eigenvalue weighted by Gasteiger charge is -2.32. The number of nitrogens with one attached hydrogen (secondary N) is 1. The predicted octanol–water partition coefficient (Wildman–Crippen LogP) is 5.21. The first-order valence-corrected chi connectivity index (χ1v) is 15.3. The van der Waals surface area contributed by atoms with E-state index in [1.165, 1.54) is 12.8 Å². The molecule has 0 radical (unpaired) electrons. The second-order valence-electron chi connectivity index (χ2n) is 12.3. The molecule has 3 N–H and O–H groups in total. The first-order valence-electron chi connectivity index (χ1n) is 15.3. The van der Waals surface area contributed by atoms with Crippen LogP contribution in [0, 0.1) is 18.8 Å². The number of amides is 1. The highest BCUT2D eigenvalue weighted by atomic mass is 16.5. The fourth-order valence-corrected chi connectivity index (χ4v) is 6.67. The summed E-state index contributed by atoms with van der Waals surface area (Å²) in [5.74, 6) is 2.50. The molecule has 0 unspecified atom stereocenters. The molecule has 43 heavy (non-hydrogen) atoms. The number of benzene rings is 2. The smallest absolute Gasteiger partial charge is 0.254 e. The highest BCUT2D eigenvalue weighted by Crippen LogP contribution is 2.40. The Kier molecular flexibility index (Phi) is 6.88. The number of ether oxygens (including phenoxy) is 1. The lowest BCUT2D eigenvalue weighted by Crippen LogP contribution is -2.42. The van der Waals surface area contributed by atoms with Crippen LogP contribution < -0.4 is 15.8 Å². The van der Waals surface area contributed by atoms with Gasteiger partial charge in [-0.2, -0.15) is 5.10 Å². The van der Waals surface area contributed by atoms with E-state index in [4.69, 9.17) is 15.5 Å². The van der Waals surface area contributed by atoms with Crippen molar-refractivity contribution >= 4 is 39.2 Å². The van der Waals surface area contributed by atoms with E-state index in [0.717, 1.165) is 76.5 Å². The molecule has 224 valence electrons. The number of carbonyl (C=O) groups excluding carboxylic acids is 1. The zero-order valence-electron chi connectivity index (χ0n) is 25.4. The minimum Gasteiger partial charge on any atom is -0.494 e. The van der Waals surface area contributed by atoms with E-state index in [-0.39, 0.29) is 5.91 Å². The fraction of sp³-hybridized carbons (Fsp3) is 0.424. The van der Waals surface area contributed by atoms with Crippen molar-refractivity contribution in [1.82, 2.24) is 28.8 Å². The molecule has 5 aromatic rings. The van der Waals surface area contributed by atoms with Crippen LogP contribution in [-0.2, 0) is 20.6 Å². The number of piperidine rings is 1. The molecule has 3 aromatic heterocycles. The van der Waals surface area contributed by atoms with Crippen LogP contribution in [0.25, 0.3) is 33.5 Å². The van der Waals surface area contributed by atoms with Gasteiger partial charge in [0.25, 0.3) is 5.91 Å². The SMILES string of the molecule is COc1cc(C(=O)N2CCC[C@@H](CN)C2)cc2nc(-c3cc4cccc(Nc5cn(C)nc5C)c4n3CC3CC3)n(C)c12. The number of anilines is 2. The van der Waals surface area contributed by atoms with Gasteiger partial charge < -0.3 is 29.8 Å². The summed E-state index contributed by atoms with van der Waals surface area (Å²) in [6, 6.07) is 12.4. The highest BCUT2D eigenvalue weighted by molar-refractivity contribution is 6.01. The number of hydrogen-bond donors (Lipinski definition) is 2. The lowest BCUT2D eigenvalue weighted by atomic mass is 9.97. The summed E-state index contributed by atoms with van der Waals surface area (Å²) in [7, 11) is 5.63.